The molecule has 4 heteroatoms. The minimum atomic E-state index is -0.826. The molecule has 184 valence electrons. The second-order valence-corrected chi connectivity index (χ2v) is 14.3. The standard InChI is InChI=1S/C21H23.C12H7Si.2ClH.Zr/c1-5-16-12-18-8-7-17(6-2)21(20(18)13-16)19-10-14(3)9-15(4)11-19;1-3-7-11-9(5-1)10-6-2-4-8-12(10)13-11;;;/h7-13H,5-6H2,1-4H3;1-7H;2*1H;/q2*-1;;;+4/p-2. The summed E-state index contributed by atoms with van der Waals surface area (Å²) in [4.78, 5) is 0. The van der Waals surface area contributed by atoms with E-state index in [0.29, 0.717) is 0 Å². The third-order valence-electron chi connectivity index (χ3n) is 6.67. The number of fused-ring (bicyclic) bond motifs is 4. The van der Waals surface area contributed by atoms with Crippen molar-refractivity contribution >= 4 is 47.7 Å². The minimum absolute atomic E-state index is 0.795. The molecule has 0 amide bonds. The van der Waals surface area contributed by atoms with Crippen molar-refractivity contribution in [2.45, 2.75) is 40.5 Å². The van der Waals surface area contributed by atoms with Crippen LogP contribution >= 0.6 is 17.0 Å². The molecule has 0 saturated carbocycles. The number of rotatable bonds is 3. The monoisotopic (exact) mass is 614 g/mol. The number of hydrogen-bond donors (Lipinski definition) is 0. The molecule has 1 aliphatic rings. The first-order valence-electron chi connectivity index (χ1n) is 12.6. The van der Waals surface area contributed by atoms with E-state index in [9.17, 15) is 0 Å². The number of halogens is 2. The van der Waals surface area contributed by atoms with E-state index in [2.05, 4.69) is 113 Å². The average Bonchev–Trinajstić information content (AvgIpc) is 3.49. The Bertz CT molecular complexity index is 1440. The van der Waals surface area contributed by atoms with Crippen molar-refractivity contribution in [3.63, 3.8) is 0 Å². The molecule has 0 unspecified atom stereocenters. The molecular formula is C33H30Cl2SiZr. The first-order chi connectivity index (χ1) is 18.0. The van der Waals surface area contributed by atoms with Crippen LogP contribution in [0.4, 0.5) is 0 Å². The first-order valence-corrected chi connectivity index (χ1v) is 19.9. The maximum atomic E-state index is 4.93. The van der Waals surface area contributed by atoms with Crippen LogP contribution in [0.1, 0.15) is 36.1 Å². The zero-order valence-corrected chi connectivity index (χ0v) is 26.7. The molecule has 1 aliphatic heterocycles. The van der Waals surface area contributed by atoms with Crippen molar-refractivity contribution in [2.75, 3.05) is 0 Å². The van der Waals surface area contributed by atoms with E-state index in [4.69, 9.17) is 17.0 Å². The molecule has 0 nitrogen and oxygen atoms in total. The smallest absolute Gasteiger partial charge is 0.0920 e. The topological polar surface area (TPSA) is 0 Å². The minimum Gasteiger partial charge on any atom is -0.184 e. The predicted octanol–water partition coefficient (Wildman–Crippen LogP) is 8.47. The van der Waals surface area contributed by atoms with Crippen LogP contribution in [0, 0.1) is 19.9 Å². The Hall–Kier alpha value is -1.83. The van der Waals surface area contributed by atoms with Crippen LogP contribution in [0.3, 0.4) is 0 Å². The van der Waals surface area contributed by atoms with Crippen LogP contribution in [0.5, 0.6) is 0 Å². The van der Waals surface area contributed by atoms with Gasteiger partial charge < -0.3 is 0 Å². The molecule has 37 heavy (non-hydrogen) atoms. The van der Waals surface area contributed by atoms with Gasteiger partial charge in [0.05, 0.1) is 9.52 Å². The van der Waals surface area contributed by atoms with Gasteiger partial charge in [-0.05, 0) is 32.3 Å². The summed E-state index contributed by atoms with van der Waals surface area (Å²) < 4.78 is 0. The van der Waals surface area contributed by atoms with Gasteiger partial charge in [0.15, 0.2) is 0 Å². The fraction of sp³-hybridized carbons (Fsp3) is 0.182. The summed E-state index contributed by atoms with van der Waals surface area (Å²) >= 11 is -0.826. The van der Waals surface area contributed by atoms with Gasteiger partial charge in [0, 0.05) is 0 Å². The Kier molecular flexibility index (Phi) is 10.1. The van der Waals surface area contributed by atoms with Crippen LogP contribution in [0.25, 0.3) is 33.0 Å². The van der Waals surface area contributed by atoms with Gasteiger partial charge in [0.25, 0.3) is 0 Å². The molecule has 0 aromatic heterocycles. The van der Waals surface area contributed by atoms with Gasteiger partial charge >= 0.3 is 37.9 Å². The molecular weight excluding hydrogens is 587 g/mol. The quantitative estimate of drug-likeness (QED) is 0.138. The van der Waals surface area contributed by atoms with Gasteiger partial charge in [-0.15, -0.1) is 40.1 Å². The SMILES string of the molecule is CCc1cc2c(-c3cc(C)cc(C)c3)c(CC)ccc2[cH-]1.[Cl][Zr+2][Cl].[c-]1cccc2c1[Si]c1ccccc1-2. The molecule has 0 bridgehead atoms. The Morgan fingerprint density at radius 3 is 2.24 bits per heavy atom. The van der Waals surface area contributed by atoms with E-state index in [0.717, 1.165) is 22.4 Å². The Morgan fingerprint density at radius 2 is 1.54 bits per heavy atom. The fourth-order valence-electron chi connectivity index (χ4n) is 5.07. The summed E-state index contributed by atoms with van der Waals surface area (Å²) in [5, 5.41) is 5.61. The van der Waals surface area contributed by atoms with Crippen LogP contribution in [-0.4, -0.2) is 9.52 Å². The molecule has 6 rings (SSSR count). The molecule has 2 radical (unpaired) electrons. The van der Waals surface area contributed by atoms with Gasteiger partial charge in [-0.3, -0.25) is 0 Å². The number of benzene rings is 4. The van der Waals surface area contributed by atoms with E-state index >= 15 is 0 Å². The summed E-state index contributed by atoms with van der Waals surface area (Å²) in [5.74, 6) is 0. The van der Waals surface area contributed by atoms with Crippen LogP contribution in [0.15, 0.2) is 84.9 Å². The summed E-state index contributed by atoms with van der Waals surface area (Å²) in [7, 11) is 10.7. The van der Waals surface area contributed by atoms with Crippen LogP contribution in [-0.2, 0) is 33.7 Å². The number of aryl methyl sites for hydroxylation is 4. The van der Waals surface area contributed by atoms with E-state index in [1.807, 2.05) is 6.07 Å². The van der Waals surface area contributed by atoms with Crippen LogP contribution < -0.4 is 10.4 Å². The molecule has 0 N–H and O–H groups in total. The normalized spacial score (nSPS) is 11.0. The first kappa shape index (κ1) is 28.2. The van der Waals surface area contributed by atoms with Crippen molar-refractivity contribution in [1.82, 2.24) is 0 Å². The predicted molar refractivity (Wildman–Crippen MR) is 161 cm³/mol. The van der Waals surface area contributed by atoms with Gasteiger partial charge in [-0.1, -0.05) is 89.3 Å². The summed E-state index contributed by atoms with van der Waals surface area (Å²) in [5.41, 5.74) is 11.1. The summed E-state index contributed by atoms with van der Waals surface area (Å²) in [6, 6.07) is 34.3. The van der Waals surface area contributed by atoms with Gasteiger partial charge in [-0.2, -0.15) is 35.5 Å². The Labute approximate surface area is 242 Å². The van der Waals surface area contributed by atoms with Crippen LogP contribution in [0.2, 0.25) is 0 Å². The second-order valence-electron chi connectivity index (χ2n) is 9.25. The van der Waals surface area contributed by atoms with Crippen molar-refractivity contribution < 1.29 is 20.8 Å². The zero-order valence-electron chi connectivity index (χ0n) is 21.8. The van der Waals surface area contributed by atoms with E-state index in [-0.39, 0.29) is 0 Å². The summed E-state index contributed by atoms with van der Waals surface area (Å²) in [6.45, 7) is 8.85. The zero-order chi connectivity index (χ0) is 26.4. The molecule has 1 heterocycles. The van der Waals surface area contributed by atoms with Gasteiger partial charge in [0.1, 0.15) is 0 Å². The molecule has 0 fully saturated rings. The molecule has 5 aromatic carbocycles. The van der Waals surface area contributed by atoms with Crippen molar-refractivity contribution in [1.29, 1.82) is 0 Å². The largest absolute Gasteiger partial charge is 0.184 e. The van der Waals surface area contributed by atoms with Gasteiger partial charge in [-0.25, -0.2) is 0 Å². The molecule has 0 spiro atoms. The van der Waals surface area contributed by atoms with E-state index in [1.165, 1.54) is 65.7 Å². The van der Waals surface area contributed by atoms with Crippen molar-refractivity contribution in [3.05, 3.63) is 113 Å². The number of hydrogen-bond acceptors (Lipinski definition) is 0. The third-order valence-corrected chi connectivity index (χ3v) is 8.04. The van der Waals surface area contributed by atoms with E-state index in [1.54, 1.807) is 0 Å². The fourth-order valence-corrected chi connectivity index (χ4v) is 6.38. The Morgan fingerprint density at radius 1 is 0.838 bits per heavy atom. The average molecular weight is 617 g/mol. The molecule has 5 aromatic rings. The second kappa shape index (κ2) is 13.3. The maximum absolute atomic E-state index is 4.93. The molecule has 0 saturated heterocycles. The summed E-state index contributed by atoms with van der Waals surface area (Å²) in [6.07, 6.45) is 2.17. The Balaban J connectivity index is 0.000000170. The molecule has 0 atom stereocenters. The molecule has 0 aliphatic carbocycles. The van der Waals surface area contributed by atoms with Crippen molar-refractivity contribution in [2.24, 2.45) is 0 Å². The van der Waals surface area contributed by atoms with Crippen molar-refractivity contribution in [3.8, 4) is 22.3 Å². The van der Waals surface area contributed by atoms with Gasteiger partial charge in [0.2, 0.25) is 0 Å². The third kappa shape index (κ3) is 6.61. The maximum Gasteiger partial charge on any atom is 0.0920 e. The van der Waals surface area contributed by atoms with E-state index < -0.39 is 20.8 Å².